The molecule has 0 aromatic heterocycles. The summed E-state index contributed by atoms with van der Waals surface area (Å²) in [6, 6.07) is 5.62. The second kappa shape index (κ2) is 7.86. The van der Waals surface area contributed by atoms with Gasteiger partial charge < -0.3 is 20.1 Å². The third kappa shape index (κ3) is 4.94. The van der Waals surface area contributed by atoms with E-state index in [1.807, 2.05) is 0 Å². The van der Waals surface area contributed by atoms with Crippen molar-refractivity contribution in [1.29, 1.82) is 0 Å². The van der Waals surface area contributed by atoms with E-state index in [1.165, 1.54) is 17.0 Å². The van der Waals surface area contributed by atoms with E-state index in [9.17, 15) is 18.4 Å². The molecule has 0 bridgehead atoms. The van der Waals surface area contributed by atoms with Crippen molar-refractivity contribution >= 4 is 23.6 Å². The number of ether oxygens (including phenoxy) is 1. The topological polar surface area (TPSA) is 78.9 Å². The maximum atomic E-state index is 14.0. The summed E-state index contributed by atoms with van der Waals surface area (Å²) in [6.07, 6.45) is -0.782. The summed E-state index contributed by atoms with van der Waals surface area (Å²) in [7, 11) is 0. The number of nitrogens with one attached hydrogen (secondary N) is 1. The average Bonchev–Trinajstić information content (AvgIpc) is 2.55. The molecule has 1 saturated heterocycles. The van der Waals surface area contributed by atoms with Crippen LogP contribution in [-0.2, 0) is 4.79 Å². The minimum atomic E-state index is -3.73. The van der Waals surface area contributed by atoms with Gasteiger partial charge in [0.1, 0.15) is 5.75 Å². The first kappa shape index (κ1) is 19.2. The third-order valence-corrected chi connectivity index (χ3v) is 4.38. The summed E-state index contributed by atoms with van der Waals surface area (Å²) in [6.45, 7) is 0.942. The van der Waals surface area contributed by atoms with Crippen molar-refractivity contribution in [3.63, 3.8) is 0 Å². The fourth-order valence-electron chi connectivity index (χ4n) is 2.60. The fourth-order valence-corrected chi connectivity index (χ4v) is 2.79. The standard InChI is InChI=1S/C16H19ClF2N2O4/c1-10-8-21(15(23)24)7-6-12(10)20-14(22)16(18,19)9-25-13-5-3-2-4-11(13)17/h2-5,10,12H,6-9H2,1H3,(H,20,22)(H,23,24)/t10-,12-/m0/s1. The Kier molecular flexibility index (Phi) is 6.05. The lowest BCUT2D eigenvalue weighted by molar-refractivity contribution is -0.151. The van der Waals surface area contributed by atoms with Gasteiger partial charge in [-0.1, -0.05) is 30.7 Å². The van der Waals surface area contributed by atoms with Gasteiger partial charge in [-0.3, -0.25) is 4.79 Å². The molecule has 0 aliphatic carbocycles. The Balaban J connectivity index is 1.90. The van der Waals surface area contributed by atoms with E-state index < -0.39 is 30.6 Å². The van der Waals surface area contributed by atoms with Crippen LogP contribution < -0.4 is 10.1 Å². The molecule has 0 saturated carbocycles. The first-order valence-electron chi connectivity index (χ1n) is 7.74. The van der Waals surface area contributed by atoms with Gasteiger partial charge in [0, 0.05) is 19.1 Å². The van der Waals surface area contributed by atoms with Crippen LogP contribution >= 0.6 is 11.6 Å². The predicted molar refractivity (Wildman–Crippen MR) is 87.2 cm³/mol. The molecular weight excluding hydrogens is 358 g/mol. The third-order valence-electron chi connectivity index (χ3n) is 4.07. The monoisotopic (exact) mass is 376 g/mol. The molecule has 0 radical (unpaired) electrons. The van der Waals surface area contributed by atoms with Crippen molar-refractivity contribution in [1.82, 2.24) is 10.2 Å². The van der Waals surface area contributed by atoms with E-state index in [1.54, 1.807) is 19.1 Å². The first-order valence-corrected chi connectivity index (χ1v) is 8.12. The van der Waals surface area contributed by atoms with Gasteiger partial charge in [-0.25, -0.2) is 4.79 Å². The van der Waals surface area contributed by atoms with Gasteiger partial charge in [0.25, 0.3) is 5.91 Å². The number of hydrogen-bond acceptors (Lipinski definition) is 3. The first-order chi connectivity index (χ1) is 11.7. The van der Waals surface area contributed by atoms with Gasteiger partial charge in [0.2, 0.25) is 0 Å². The predicted octanol–water partition coefficient (Wildman–Crippen LogP) is 2.86. The summed E-state index contributed by atoms with van der Waals surface area (Å²) in [4.78, 5) is 24.0. The molecular formula is C16H19ClF2N2O4. The van der Waals surface area contributed by atoms with Gasteiger partial charge in [0.15, 0.2) is 6.61 Å². The Labute approximate surface area is 148 Å². The number of nitrogens with zero attached hydrogens (tertiary/aromatic N) is 1. The molecule has 6 nitrogen and oxygen atoms in total. The van der Waals surface area contributed by atoms with E-state index in [-0.39, 0.29) is 36.2 Å². The lowest BCUT2D eigenvalue weighted by atomic mass is 9.94. The molecule has 138 valence electrons. The number of hydrogen-bond donors (Lipinski definition) is 2. The Morgan fingerprint density at radius 3 is 2.72 bits per heavy atom. The molecule has 2 rings (SSSR count). The molecule has 0 spiro atoms. The number of likely N-dealkylation sites (tertiary alicyclic amines) is 1. The molecule has 2 atom stereocenters. The number of piperidine rings is 1. The Hall–Kier alpha value is -2.09. The highest BCUT2D eigenvalue weighted by Crippen LogP contribution is 2.26. The summed E-state index contributed by atoms with van der Waals surface area (Å²) < 4.78 is 33.0. The largest absolute Gasteiger partial charge is 0.485 e. The molecule has 9 heteroatoms. The van der Waals surface area contributed by atoms with E-state index in [0.717, 1.165) is 0 Å². The van der Waals surface area contributed by atoms with Gasteiger partial charge in [-0.15, -0.1) is 0 Å². The minimum Gasteiger partial charge on any atom is -0.485 e. The van der Waals surface area contributed by atoms with E-state index >= 15 is 0 Å². The Morgan fingerprint density at radius 2 is 2.12 bits per heavy atom. The summed E-state index contributed by atoms with van der Waals surface area (Å²) in [5.74, 6) is -5.38. The SMILES string of the molecule is C[C@H]1CN(C(=O)O)CC[C@@H]1NC(=O)C(F)(F)COc1ccccc1Cl. The fraction of sp³-hybridized carbons (Fsp3) is 0.500. The molecule has 2 amide bonds. The van der Waals surface area contributed by atoms with Crippen LogP contribution in [0.2, 0.25) is 5.02 Å². The Morgan fingerprint density at radius 1 is 1.44 bits per heavy atom. The number of alkyl halides is 2. The molecule has 2 N–H and O–H groups in total. The molecule has 1 aromatic rings. The highest BCUT2D eigenvalue weighted by molar-refractivity contribution is 6.32. The lowest BCUT2D eigenvalue weighted by Crippen LogP contribution is -2.55. The zero-order chi connectivity index (χ0) is 18.6. The number of rotatable bonds is 5. The zero-order valence-electron chi connectivity index (χ0n) is 13.5. The second-order valence-corrected chi connectivity index (χ2v) is 6.41. The van der Waals surface area contributed by atoms with Crippen molar-refractivity contribution in [2.24, 2.45) is 5.92 Å². The average molecular weight is 377 g/mol. The molecule has 1 heterocycles. The van der Waals surface area contributed by atoms with Crippen molar-refractivity contribution in [2.75, 3.05) is 19.7 Å². The highest BCUT2D eigenvalue weighted by Gasteiger charge is 2.42. The molecule has 1 aromatic carbocycles. The number of halogens is 3. The maximum Gasteiger partial charge on any atom is 0.407 e. The Bertz CT molecular complexity index is 644. The van der Waals surface area contributed by atoms with Crippen molar-refractivity contribution < 1.29 is 28.2 Å². The smallest absolute Gasteiger partial charge is 0.407 e. The number of carboxylic acid groups (broad SMARTS) is 1. The summed E-state index contributed by atoms with van der Waals surface area (Å²) >= 11 is 5.82. The normalized spacial score (nSPS) is 20.9. The van der Waals surface area contributed by atoms with Crippen molar-refractivity contribution in [2.45, 2.75) is 25.3 Å². The van der Waals surface area contributed by atoms with Crippen LogP contribution in [0.5, 0.6) is 5.75 Å². The molecule has 1 fully saturated rings. The van der Waals surface area contributed by atoms with Gasteiger partial charge in [0.05, 0.1) is 5.02 Å². The van der Waals surface area contributed by atoms with Gasteiger partial charge in [-0.2, -0.15) is 8.78 Å². The van der Waals surface area contributed by atoms with E-state index in [4.69, 9.17) is 21.4 Å². The number of benzene rings is 1. The number of carbonyl (C=O) groups excluding carboxylic acids is 1. The molecule has 0 unspecified atom stereocenters. The van der Waals surface area contributed by atoms with Crippen LogP contribution in [0.4, 0.5) is 13.6 Å². The van der Waals surface area contributed by atoms with Crippen LogP contribution in [0.3, 0.4) is 0 Å². The van der Waals surface area contributed by atoms with Crippen LogP contribution in [-0.4, -0.2) is 53.7 Å². The van der Waals surface area contributed by atoms with Crippen LogP contribution in [0, 0.1) is 5.92 Å². The van der Waals surface area contributed by atoms with E-state index in [0.29, 0.717) is 0 Å². The maximum absolute atomic E-state index is 14.0. The van der Waals surface area contributed by atoms with Gasteiger partial charge >= 0.3 is 12.0 Å². The summed E-state index contributed by atoms with van der Waals surface area (Å²) in [5.41, 5.74) is 0. The second-order valence-electron chi connectivity index (χ2n) is 6.00. The quantitative estimate of drug-likeness (QED) is 0.828. The molecule has 25 heavy (non-hydrogen) atoms. The van der Waals surface area contributed by atoms with Crippen LogP contribution in [0.25, 0.3) is 0 Å². The number of carbonyl (C=O) groups is 2. The van der Waals surface area contributed by atoms with Gasteiger partial charge in [-0.05, 0) is 24.5 Å². The zero-order valence-corrected chi connectivity index (χ0v) is 14.3. The lowest BCUT2D eigenvalue weighted by Gasteiger charge is -2.36. The minimum absolute atomic E-state index is 0.0692. The van der Waals surface area contributed by atoms with E-state index in [2.05, 4.69) is 5.32 Å². The number of amides is 2. The van der Waals surface area contributed by atoms with Crippen LogP contribution in [0.1, 0.15) is 13.3 Å². The van der Waals surface area contributed by atoms with Crippen molar-refractivity contribution in [3.8, 4) is 5.75 Å². The highest BCUT2D eigenvalue weighted by atomic mass is 35.5. The molecule has 1 aliphatic rings. The summed E-state index contributed by atoms with van der Waals surface area (Å²) in [5, 5.41) is 11.4. The van der Waals surface area contributed by atoms with Crippen molar-refractivity contribution in [3.05, 3.63) is 29.3 Å². The molecule has 1 aliphatic heterocycles. The van der Waals surface area contributed by atoms with Crippen LogP contribution in [0.15, 0.2) is 24.3 Å². The number of para-hydroxylation sites is 1.